The first-order valence-electron chi connectivity index (χ1n) is 4.37. The number of carbonyl (C=O) groups excluding carboxylic acids is 2. The second-order valence-corrected chi connectivity index (χ2v) is 4.78. The summed E-state index contributed by atoms with van der Waals surface area (Å²) >= 11 is 6.93. The molecule has 0 saturated carbocycles. The number of halogens is 1. The number of carbonyl (C=O) groups is 2. The third kappa shape index (κ3) is 2.30. The number of amides is 1. The lowest BCUT2D eigenvalue weighted by molar-refractivity contribution is 0.0947. The van der Waals surface area contributed by atoms with E-state index in [1.54, 1.807) is 12.1 Å². The Bertz CT molecular complexity index is 404. The molecule has 15 heavy (non-hydrogen) atoms. The quantitative estimate of drug-likeness (QED) is 0.766. The maximum atomic E-state index is 11.7. The average molecular weight is 246 g/mol. The topological polar surface area (TPSA) is 46.6 Å². The first-order valence-corrected chi connectivity index (χ1v) is 5.56. The molecule has 4 nitrogen and oxygen atoms in total. The van der Waals surface area contributed by atoms with E-state index in [9.17, 15) is 9.59 Å². The van der Waals surface area contributed by atoms with Gasteiger partial charge >= 0.3 is 6.09 Å². The third-order valence-corrected chi connectivity index (χ3v) is 3.30. The molecule has 0 atom stereocenters. The van der Waals surface area contributed by atoms with E-state index in [2.05, 4.69) is 0 Å². The smallest absolute Gasteiger partial charge is 0.410 e. The van der Waals surface area contributed by atoms with Crippen LogP contribution >= 0.6 is 22.9 Å². The molecule has 0 bridgehead atoms. The second-order valence-electron chi connectivity index (χ2n) is 3.06. The molecule has 0 aromatic carbocycles. The van der Waals surface area contributed by atoms with Crippen LogP contribution in [0.4, 0.5) is 4.79 Å². The summed E-state index contributed by atoms with van der Waals surface area (Å²) in [5.74, 6) is -0.106. The molecule has 1 aromatic rings. The predicted octanol–water partition coefficient (Wildman–Crippen LogP) is 2.04. The number of Topliss-reactive ketones (excluding diaryl/α,β-unsaturated/α-hetero) is 1. The van der Waals surface area contributed by atoms with E-state index in [4.69, 9.17) is 16.3 Å². The van der Waals surface area contributed by atoms with Gasteiger partial charge in [-0.3, -0.25) is 9.69 Å². The molecule has 1 aliphatic rings. The van der Waals surface area contributed by atoms with Crippen molar-refractivity contribution in [3.05, 3.63) is 21.3 Å². The molecule has 0 spiro atoms. The van der Waals surface area contributed by atoms with Crippen molar-refractivity contribution in [2.45, 2.75) is 0 Å². The molecular formula is C9H8ClNO3S. The number of thiophene rings is 1. The number of ketones is 1. The molecule has 2 rings (SSSR count). The monoisotopic (exact) mass is 245 g/mol. The molecule has 2 heterocycles. The molecule has 80 valence electrons. The van der Waals surface area contributed by atoms with Gasteiger partial charge in [-0.15, -0.1) is 11.3 Å². The summed E-state index contributed by atoms with van der Waals surface area (Å²) in [6.45, 7) is 0.899. The van der Waals surface area contributed by atoms with Crippen LogP contribution in [0.15, 0.2) is 12.1 Å². The summed E-state index contributed by atoms with van der Waals surface area (Å²) in [5, 5.41) is 0. The minimum atomic E-state index is -0.425. The van der Waals surface area contributed by atoms with Gasteiger partial charge in [-0.2, -0.15) is 0 Å². The van der Waals surface area contributed by atoms with Gasteiger partial charge in [0.2, 0.25) is 0 Å². The van der Waals surface area contributed by atoms with E-state index in [1.165, 1.54) is 16.2 Å². The Morgan fingerprint density at radius 2 is 2.40 bits per heavy atom. The fourth-order valence-corrected chi connectivity index (χ4v) is 2.26. The van der Waals surface area contributed by atoms with E-state index >= 15 is 0 Å². The molecule has 6 heteroatoms. The zero-order chi connectivity index (χ0) is 10.8. The molecule has 1 fully saturated rings. The maximum absolute atomic E-state index is 11.7. The van der Waals surface area contributed by atoms with Crippen molar-refractivity contribution in [2.75, 3.05) is 19.7 Å². The number of ether oxygens (including phenoxy) is 1. The van der Waals surface area contributed by atoms with Gasteiger partial charge in [0.15, 0.2) is 5.78 Å². The van der Waals surface area contributed by atoms with Crippen molar-refractivity contribution in [2.24, 2.45) is 0 Å². The highest BCUT2D eigenvalue weighted by molar-refractivity contribution is 7.18. The number of hydrogen-bond donors (Lipinski definition) is 0. The lowest BCUT2D eigenvalue weighted by atomic mass is 10.3. The first kappa shape index (κ1) is 10.4. The molecule has 0 radical (unpaired) electrons. The summed E-state index contributed by atoms with van der Waals surface area (Å²) in [4.78, 5) is 24.7. The molecule has 1 saturated heterocycles. The molecule has 0 N–H and O–H groups in total. The number of cyclic esters (lactones) is 1. The van der Waals surface area contributed by atoms with E-state index < -0.39 is 6.09 Å². The van der Waals surface area contributed by atoms with Crippen LogP contribution in [0.2, 0.25) is 4.34 Å². The van der Waals surface area contributed by atoms with E-state index in [0.717, 1.165) is 0 Å². The van der Waals surface area contributed by atoms with Crippen LogP contribution in [0.3, 0.4) is 0 Å². The van der Waals surface area contributed by atoms with Crippen LogP contribution in [0.1, 0.15) is 9.67 Å². The SMILES string of the molecule is O=C(CN1CCOC1=O)c1ccc(Cl)s1. The summed E-state index contributed by atoms with van der Waals surface area (Å²) < 4.78 is 5.29. The van der Waals surface area contributed by atoms with E-state index in [0.29, 0.717) is 22.4 Å². The van der Waals surface area contributed by atoms with Crippen LogP contribution in [0, 0.1) is 0 Å². The van der Waals surface area contributed by atoms with Crippen LogP contribution in [0.25, 0.3) is 0 Å². The lowest BCUT2D eigenvalue weighted by Gasteiger charge is -2.09. The highest BCUT2D eigenvalue weighted by Gasteiger charge is 2.24. The Balaban J connectivity index is 2.00. The zero-order valence-corrected chi connectivity index (χ0v) is 9.31. The van der Waals surface area contributed by atoms with Crippen molar-refractivity contribution >= 4 is 34.8 Å². The normalized spacial score (nSPS) is 15.5. The van der Waals surface area contributed by atoms with Gasteiger partial charge in [0, 0.05) is 0 Å². The van der Waals surface area contributed by atoms with Gasteiger partial charge in [0.25, 0.3) is 0 Å². The van der Waals surface area contributed by atoms with Gasteiger partial charge < -0.3 is 4.74 Å². The fraction of sp³-hybridized carbons (Fsp3) is 0.333. The molecule has 0 aliphatic carbocycles. The Hall–Kier alpha value is -1.07. The Kier molecular flexibility index (Phi) is 2.93. The summed E-state index contributed by atoms with van der Waals surface area (Å²) in [6.07, 6.45) is -0.425. The number of hydrogen-bond acceptors (Lipinski definition) is 4. The summed E-state index contributed by atoms with van der Waals surface area (Å²) in [7, 11) is 0. The minimum Gasteiger partial charge on any atom is -0.448 e. The van der Waals surface area contributed by atoms with Crippen LogP contribution in [-0.2, 0) is 4.74 Å². The molecule has 0 unspecified atom stereocenters. The second kappa shape index (κ2) is 4.20. The summed E-state index contributed by atoms with van der Waals surface area (Å²) in [5.41, 5.74) is 0. The summed E-state index contributed by atoms with van der Waals surface area (Å²) in [6, 6.07) is 3.33. The van der Waals surface area contributed by atoms with Gasteiger partial charge in [-0.05, 0) is 12.1 Å². The third-order valence-electron chi connectivity index (χ3n) is 2.03. The molecule has 1 aliphatic heterocycles. The molecule has 1 amide bonds. The van der Waals surface area contributed by atoms with Gasteiger partial charge in [-0.1, -0.05) is 11.6 Å². The van der Waals surface area contributed by atoms with Crippen molar-refractivity contribution in [3.63, 3.8) is 0 Å². The molecule has 1 aromatic heterocycles. The average Bonchev–Trinajstić information content (AvgIpc) is 2.77. The van der Waals surface area contributed by atoms with E-state index in [-0.39, 0.29) is 12.3 Å². The van der Waals surface area contributed by atoms with E-state index in [1.807, 2.05) is 0 Å². The maximum Gasteiger partial charge on any atom is 0.410 e. The highest BCUT2D eigenvalue weighted by atomic mass is 35.5. The van der Waals surface area contributed by atoms with Crippen LogP contribution in [0.5, 0.6) is 0 Å². The minimum absolute atomic E-state index is 0.0652. The largest absolute Gasteiger partial charge is 0.448 e. The fourth-order valence-electron chi connectivity index (χ4n) is 1.28. The van der Waals surface area contributed by atoms with Gasteiger partial charge in [0.1, 0.15) is 6.61 Å². The van der Waals surface area contributed by atoms with Gasteiger partial charge in [-0.25, -0.2) is 4.79 Å². The van der Waals surface area contributed by atoms with Crippen molar-refractivity contribution < 1.29 is 14.3 Å². The van der Waals surface area contributed by atoms with Crippen molar-refractivity contribution in [3.8, 4) is 0 Å². The van der Waals surface area contributed by atoms with Crippen LogP contribution < -0.4 is 0 Å². The Morgan fingerprint density at radius 1 is 1.60 bits per heavy atom. The van der Waals surface area contributed by atoms with Crippen LogP contribution in [-0.4, -0.2) is 36.5 Å². The number of rotatable bonds is 3. The highest BCUT2D eigenvalue weighted by Crippen LogP contribution is 2.22. The standard InChI is InChI=1S/C9H8ClNO3S/c10-8-2-1-7(15-8)6(12)5-11-3-4-14-9(11)13/h1-2H,3-5H2. The van der Waals surface area contributed by atoms with Crippen molar-refractivity contribution in [1.29, 1.82) is 0 Å². The predicted molar refractivity (Wildman–Crippen MR) is 56.6 cm³/mol. The Morgan fingerprint density at radius 3 is 2.93 bits per heavy atom. The Labute approximate surface area is 95.4 Å². The van der Waals surface area contributed by atoms with Gasteiger partial charge in [0.05, 0.1) is 22.3 Å². The zero-order valence-electron chi connectivity index (χ0n) is 7.73. The lowest BCUT2D eigenvalue weighted by Crippen LogP contribution is -2.30. The van der Waals surface area contributed by atoms with Crippen molar-refractivity contribution in [1.82, 2.24) is 4.90 Å². The number of nitrogens with zero attached hydrogens (tertiary/aromatic N) is 1. The molecular weight excluding hydrogens is 238 g/mol. The first-order chi connectivity index (χ1) is 7.16.